The zero-order valence-corrected chi connectivity index (χ0v) is 19.9. The summed E-state index contributed by atoms with van der Waals surface area (Å²) < 4.78 is 6.46. The SMILES string of the molecule is C[N+]1(Cc2ccco2)CC[C@]23CCCC[C@@]2(O)[C@H]1Cc1ccc(C(N)=O)cc13.[Y]. The summed E-state index contributed by atoms with van der Waals surface area (Å²) >= 11 is 0. The topological polar surface area (TPSA) is 76.5 Å². The number of benzene rings is 1. The number of carbonyl (C=O) groups excluding carboxylic acids is 1. The van der Waals surface area contributed by atoms with Crippen LogP contribution in [0, 0.1) is 0 Å². The average molecular weight is 470 g/mol. The molecule has 2 heterocycles. The van der Waals surface area contributed by atoms with Crippen LogP contribution in [0.15, 0.2) is 41.0 Å². The van der Waals surface area contributed by atoms with Gasteiger partial charge in [-0.05, 0) is 48.2 Å². The molecule has 5 rings (SSSR count). The van der Waals surface area contributed by atoms with Crippen molar-refractivity contribution in [2.45, 2.75) is 62.1 Å². The maximum Gasteiger partial charge on any atom is 0.248 e. The molecule has 3 aliphatic rings. The van der Waals surface area contributed by atoms with Crippen molar-refractivity contribution >= 4 is 5.91 Å². The Hall–Kier alpha value is -1.01. The number of amides is 1. The van der Waals surface area contributed by atoms with Crippen LogP contribution in [0.2, 0.25) is 0 Å². The van der Waals surface area contributed by atoms with E-state index in [1.807, 2.05) is 24.3 Å². The molecule has 6 heteroatoms. The molecule has 2 aliphatic carbocycles. The first kappa shape index (κ1) is 21.2. The quantitative estimate of drug-likeness (QED) is 0.678. The Kier molecular flexibility index (Phi) is 5.34. The number of fused-ring (bicyclic) bond motifs is 1. The van der Waals surface area contributed by atoms with E-state index >= 15 is 0 Å². The molecule has 1 aromatic carbocycles. The molecular weight excluding hydrogens is 441 g/mol. The number of quaternary nitrogens is 1. The fraction of sp³-hybridized carbons (Fsp3) is 0.522. The summed E-state index contributed by atoms with van der Waals surface area (Å²) in [4.78, 5) is 11.8. The Balaban J connectivity index is 0.00000205. The molecule has 29 heavy (non-hydrogen) atoms. The van der Waals surface area contributed by atoms with Gasteiger partial charge in [0.25, 0.3) is 0 Å². The van der Waals surface area contributed by atoms with Gasteiger partial charge < -0.3 is 19.7 Å². The van der Waals surface area contributed by atoms with E-state index < -0.39 is 11.5 Å². The van der Waals surface area contributed by atoms with E-state index in [9.17, 15) is 9.90 Å². The number of nitrogens with two attached hydrogens (primary N) is 1. The van der Waals surface area contributed by atoms with Gasteiger partial charge in [0.1, 0.15) is 18.2 Å². The second kappa shape index (κ2) is 7.30. The van der Waals surface area contributed by atoms with Gasteiger partial charge in [-0.1, -0.05) is 18.9 Å². The molecule has 2 aromatic rings. The molecule has 5 nitrogen and oxygen atoms in total. The monoisotopic (exact) mass is 470 g/mol. The van der Waals surface area contributed by atoms with Crippen LogP contribution >= 0.6 is 0 Å². The molecule has 0 spiro atoms. The summed E-state index contributed by atoms with van der Waals surface area (Å²) in [5.41, 5.74) is 7.55. The Labute approximate surface area is 197 Å². The summed E-state index contributed by atoms with van der Waals surface area (Å²) in [5.74, 6) is 0.583. The van der Waals surface area contributed by atoms with Crippen molar-refractivity contribution in [3.63, 3.8) is 0 Å². The number of hydrogen-bond donors (Lipinski definition) is 2. The first-order chi connectivity index (χ1) is 13.4. The Bertz CT molecular complexity index is 930. The second-order valence-electron chi connectivity index (χ2n) is 9.36. The zero-order valence-electron chi connectivity index (χ0n) is 17.1. The first-order valence-electron chi connectivity index (χ1n) is 10.4. The van der Waals surface area contributed by atoms with Crippen molar-refractivity contribution < 1.29 is 51.5 Å². The fourth-order valence-electron chi connectivity index (χ4n) is 6.62. The van der Waals surface area contributed by atoms with Crippen molar-refractivity contribution in [3.8, 4) is 0 Å². The summed E-state index contributed by atoms with van der Waals surface area (Å²) in [6, 6.07) is 9.99. The van der Waals surface area contributed by atoms with E-state index in [2.05, 4.69) is 13.1 Å². The summed E-state index contributed by atoms with van der Waals surface area (Å²) in [5, 5.41) is 12.2. The summed E-state index contributed by atoms with van der Waals surface area (Å²) in [7, 11) is 2.27. The van der Waals surface area contributed by atoms with Crippen molar-refractivity contribution in [3.05, 3.63) is 59.0 Å². The summed E-state index contributed by atoms with van der Waals surface area (Å²) in [6.45, 7) is 1.79. The minimum atomic E-state index is -0.756. The van der Waals surface area contributed by atoms with Gasteiger partial charge in [0, 0.05) is 56.5 Å². The van der Waals surface area contributed by atoms with E-state index in [4.69, 9.17) is 10.2 Å². The molecule has 4 atom stereocenters. The van der Waals surface area contributed by atoms with Crippen LogP contribution in [0.5, 0.6) is 0 Å². The normalized spacial score (nSPS) is 35.2. The number of piperidine rings is 1. The average Bonchev–Trinajstić information content (AvgIpc) is 3.17. The molecule has 1 radical (unpaired) electrons. The summed E-state index contributed by atoms with van der Waals surface area (Å²) in [6.07, 6.45) is 7.46. The minimum Gasteiger partial charge on any atom is -0.463 e. The van der Waals surface area contributed by atoms with Gasteiger partial charge in [0.2, 0.25) is 5.91 Å². The van der Waals surface area contributed by atoms with Crippen LogP contribution in [-0.4, -0.2) is 40.7 Å². The van der Waals surface area contributed by atoms with E-state index in [-0.39, 0.29) is 44.2 Å². The number of furan rings is 1. The van der Waals surface area contributed by atoms with Gasteiger partial charge >= 0.3 is 0 Å². The van der Waals surface area contributed by atoms with Crippen molar-refractivity contribution in [1.82, 2.24) is 0 Å². The van der Waals surface area contributed by atoms with E-state index in [1.165, 1.54) is 11.1 Å². The predicted octanol–water partition coefficient (Wildman–Crippen LogP) is 2.89. The molecule has 3 N–H and O–H groups in total. The third-order valence-corrected chi connectivity index (χ3v) is 8.01. The smallest absolute Gasteiger partial charge is 0.248 e. The maximum atomic E-state index is 12.2. The molecule has 151 valence electrons. The molecule has 1 saturated heterocycles. The number of rotatable bonds is 3. The molecule has 1 saturated carbocycles. The fourth-order valence-corrected chi connectivity index (χ4v) is 6.62. The third kappa shape index (κ3) is 3.00. The van der Waals surface area contributed by atoms with Crippen molar-refractivity contribution in [2.24, 2.45) is 5.73 Å². The molecule has 1 aliphatic heterocycles. The Morgan fingerprint density at radius 3 is 2.79 bits per heavy atom. The molecule has 1 unspecified atom stereocenters. The number of carbonyl (C=O) groups is 1. The van der Waals surface area contributed by atoms with Crippen LogP contribution < -0.4 is 5.73 Å². The Morgan fingerprint density at radius 1 is 1.28 bits per heavy atom. The number of aliphatic hydroxyl groups is 1. The standard InChI is InChI=1S/C23H28N2O3.Y/c1-25(15-18-5-4-12-28-18)11-10-22-8-2-3-9-23(22,27)20(25)14-16-6-7-17(21(24)26)13-19(16)22;/h4-7,12-13,20,27H,2-3,8-11,14-15H2,1H3,(H-,24,26);/p+1/t20-,22+,23-,25?;/m1./s1. The zero-order chi connectivity index (χ0) is 19.6. The molecule has 1 amide bonds. The Morgan fingerprint density at radius 2 is 2.07 bits per heavy atom. The minimum absolute atomic E-state index is 0. The van der Waals surface area contributed by atoms with Gasteiger partial charge in [0.05, 0.1) is 19.9 Å². The van der Waals surface area contributed by atoms with Crippen LogP contribution in [0.3, 0.4) is 0 Å². The number of nitrogens with zero attached hydrogens (tertiary/aromatic N) is 1. The van der Waals surface area contributed by atoms with E-state index in [0.29, 0.717) is 5.56 Å². The number of likely N-dealkylation sites (N-methyl/N-ethyl adjacent to an activating group) is 1. The number of hydrogen-bond acceptors (Lipinski definition) is 3. The maximum absolute atomic E-state index is 12.2. The molecular formula is C23H29N2O3Y+. The van der Waals surface area contributed by atoms with Crippen molar-refractivity contribution in [1.29, 1.82) is 0 Å². The van der Waals surface area contributed by atoms with Gasteiger partial charge in [-0.3, -0.25) is 4.79 Å². The van der Waals surface area contributed by atoms with Gasteiger partial charge in [0.15, 0.2) is 5.76 Å². The molecule has 2 fully saturated rings. The molecule has 2 bridgehead atoms. The second-order valence-corrected chi connectivity index (χ2v) is 9.36. The largest absolute Gasteiger partial charge is 0.463 e. The first-order valence-corrected chi connectivity index (χ1v) is 10.4. The van der Waals surface area contributed by atoms with Crippen LogP contribution in [0.1, 0.15) is 59.3 Å². The van der Waals surface area contributed by atoms with Crippen molar-refractivity contribution in [2.75, 3.05) is 13.6 Å². The number of primary amides is 1. The third-order valence-electron chi connectivity index (χ3n) is 8.01. The van der Waals surface area contributed by atoms with Gasteiger partial charge in [-0.2, -0.15) is 0 Å². The van der Waals surface area contributed by atoms with Crippen LogP contribution in [0.25, 0.3) is 0 Å². The van der Waals surface area contributed by atoms with Crippen LogP contribution in [-0.2, 0) is 51.1 Å². The van der Waals surface area contributed by atoms with Crippen LogP contribution in [0.4, 0.5) is 0 Å². The van der Waals surface area contributed by atoms with Gasteiger partial charge in [-0.15, -0.1) is 0 Å². The van der Waals surface area contributed by atoms with Gasteiger partial charge in [-0.25, -0.2) is 0 Å². The van der Waals surface area contributed by atoms with E-state index in [0.717, 1.165) is 61.9 Å². The number of likely N-dealkylation sites (tertiary alicyclic amines) is 1. The van der Waals surface area contributed by atoms with E-state index in [1.54, 1.807) is 6.26 Å². The molecule has 1 aromatic heterocycles. The predicted molar refractivity (Wildman–Crippen MR) is 106 cm³/mol.